The summed E-state index contributed by atoms with van der Waals surface area (Å²) >= 11 is 0.841. The summed E-state index contributed by atoms with van der Waals surface area (Å²) in [6.07, 6.45) is 3.59. The van der Waals surface area contributed by atoms with Gasteiger partial charge in [-0.25, -0.2) is 13.8 Å². The Labute approximate surface area is 187 Å². The van der Waals surface area contributed by atoms with E-state index in [0.717, 1.165) is 29.9 Å². The largest absolute Gasteiger partial charge is 0.390 e. The van der Waals surface area contributed by atoms with Gasteiger partial charge in [-0.2, -0.15) is 5.10 Å². The first-order chi connectivity index (χ1) is 15.2. The highest BCUT2D eigenvalue weighted by molar-refractivity contribution is 7.19. The Bertz CT molecular complexity index is 1140. The topological polar surface area (TPSA) is 109 Å². The second-order valence-electron chi connectivity index (χ2n) is 8.13. The van der Waals surface area contributed by atoms with Crippen molar-refractivity contribution < 1.29 is 18.7 Å². The van der Waals surface area contributed by atoms with Gasteiger partial charge in [0.2, 0.25) is 0 Å². The maximum Gasteiger partial charge on any atom is 0.277 e. The number of aromatic nitrogens is 3. The molecule has 1 saturated heterocycles. The Morgan fingerprint density at radius 2 is 2.00 bits per heavy atom. The fraction of sp³-hybridized carbons (Fsp3) is 0.381. The van der Waals surface area contributed by atoms with Crippen LogP contribution in [0.2, 0.25) is 0 Å². The minimum atomic E-state index is -0.780. The van der Waals surface area contributed by atoms with Crippen molar-refractivity contribution in [1.82, 2.24) is 14.8 Å². The van der Waals surface area contributed by atoms with Gasteiger partial charge in [-0.05, 0) is 38.3 Å². The third kappa shape index (κ3) is 4.30. The van der Waals surface area contributed by atoms with Gasteiger partial charge in [0.1, 0.15) is 27.3 Å². The monoisotopic (exact) mass is 462 g/mol. The highest BCUT2D eigenvalue weighted by atomic mass is 32.1. The number of hydrogen-bond acceptors (Lipinski definition) is 7. The van der Waals surface area contributed by atoms with E-state index in [9.17, 15) is 18.7 Å². The number of amides is 1. The van der Waals surface area contributed by atoms with Crippen LogP contribution in [0, 0.1) is 11.6 Å². The number of halogens is 2. The number of rotatable bonds is 4. The number of carbonyl (C=O) groups excluding carboxylic acids is 1. The maximum absolute atomic E-state index is 14.1. The summed E-state index contributed by atoms with van der Waals surface area (Å²) in [6.45, 7) is 3.13. The van der Waals surface area contributed by atoms with Gasteiger partial charge in [0, 0.05) is 20.1 Å². The number of hydrogen-bond donors (Lipinski definition) is 3. The molecule has 32 heavy (non-hydrogen) atoms. The van der Waals surface area contributed by atoms with Gasteiger partial charge in [0.05, 0.1) is 17.4 Å². The molecule has 1 aliphatic heterocycles. The second kappa shape index (κ2) is 8.47. The molecule has 8 nitrogen and oxygen atoms in total. The lowest BCUT2D eigenvalue weighted by atomic mass is 9.98. The fourth-order valence-corrected chi connectivity index (χ4v) is 4.73. The number of nitrogens with zero attached hydrogens (tertiary/aromatic N) is 4. The lowest BCUT2D eigenvalue weighted by molar-refractivity contribution is 0.0481. The van der Waals surface area contributed by atoms with Crippen LogP contribution in [-0.2, 0) is 7.05 Å². The Morgan fingerprint density at radius 3 is 2.72 bits per heavy atom. The van der Waals surface area contributed by atoms with Crippen molar-refractivity contribution in [3.05, 3.63) is 41.7 Å². The van der Waals surface area contributed by atoms with Crippen LogP contribution in [0.25, 0.3) is 10.6 Å². The maximum atomic E-state index is 14.1. The standard InChI is InChI=1S/C21H24F2N6O2S/c1-21(31)7-4-9-29(10-8-21)20-14(11-25-28(20)2)26-18(30)16-17(24)32-19(27-16)15-12(22)5-3-6-13(15)23/h3,5-6,11,31H,4,7-10,24H2,1-2H3,(H,26,30). The smallest absolute Gasteiger partial charge is 0.277 e. The first-order valence-corrected chi connectivity index (χ1v) is 11.0. The van der Waals surface area contributed by atoms with E-state index >= 15 is 0 Å². The van der Waals surface area contributed by atoms with Crippen molar-refractivity contribution in [1.29, 1.82) is 0 Å². The number of aliphatic hydroxyl groups is 1. The predicted molar refractivity (Wildman–Crippen MR) is 120 cm³/mol. The number of nitrogens with two attached hydrogens (primary N) is 1. The number of aryl methyl sites for hydroxylation is 1. The molecule has 170 valence electrons. The van der Waals surface area contributed by atoms with Gasteiger partial charge in [-0.3, -0.25) is 9.48 Å². The lowest BCUT2D eigenvalue weighted by Gasteiger charge is -2.25. The quantitative estimate of drug-likeness (QED) is 0.548. The SMILES string of the molecule is Cn1ncc(NC(=O)c2nc(-c3c(F)cccc3F)sc2N)c1N1CCCC(C)(O)CC1. The van der Waals surface area contributed by atoms with E-state index in [4.69, 9.17) is 5.73 Å². The van der Waals surface area contributed by atoms with Gasteiger partial charge >= 0.3 is 0 Å². The molecule has 1 atom stereocenters. The molecule has 0 spiro atoms. The normalized spacial score (nSPS) is 19.1. The Balaban J connectivity index is 1.59. The van der Waals surface area contributed by atoms with Crippen LogP contribution in [0.5, 0.6) is 0 Å². The van der Waals surface area contributed by atoms with Crippen molar-refractivity contribution in [2.24, 2.45) is 7.05 Å². The van der Waals surface area contributed by atoms with E-state index in [2.05, 4.69) is 20.3 Å². The molecule has 2 aromatic heterocycles. The first-order valence-electron chi connectivity index (χ1n) is 10.2. The van der Waals surface area contributed by atoms with E-state index in [-0.39, 0.29) is 21.3 Å². The minimum absolute atomic E-state index is 0.00981. The van der Waals surface area contributed by atoms with Crippen LogP contribution in [-0.4, -0.2) is 44.5 Å². The highest BCUT2D eigenvalue weighted by Gasteiger charge is 2.28. The first kappa shape index (κ1) is 22.2. The third-order valence-corrected chi connectivity index (χ3v) is 6.47. The summed E-state index contributed by atoms with van der Waals surface area (Å²) in [5.41, 5.74) is 5.26. The van der Waals surface area contributed by atoms with Crippen molar-refractivity contribution in [2.75, 3.05) is 29.0 Å². The Hall–Kier alpha value is -3.05. The number of nitrogens with one attached hydrogen (secondary N) is 1. The minimum Gasteiger partial charge on any atom is -0.390 e. The van der Waals surface area contributed by atoms with Crippen LogP contribution in [0.3, 0.4) is 0 Å². The molecule has 3 heterocycles. The summed E-state index contributed by atoms with van der Waals surface area (Å²) in [4.78, 5) is 19.1. The third-order valence-electron chi connectivity index (χ3n) is 5.56. The summed E-state index contributed by atoms with van der Waals surface area (Å²) in [5, 5.41) is 17.4. The zero-order chi connectivity index (χ0) is 23.0. The molecular weight excluding hydrogens is 438 g/mol. The summed E-state index contributed by atoms with van der Waals surface area (Å²) in [7, 11) is 1.77. The highest BCUT2D eigenvalue weighted by Crippen LogP contribution is 2.35. The summed E-state index contributed by atoms with van der Waals surface area (Å²) in [6, 6.07) is 3.50. The zero-order valence-electron chi connectivity index (χ0n) is 17.7. The summed E-state index contributed by atoms with van der Waals surface area (Å²) in [5.74, 6) is -1.46. The van der Waals surface area contributed by atoms with Crippen LogP contribution < -0.4 is 16.0 Å². The van der Waals surface area contributed by atoms with Crippen LogP contribution in [0.4, 0.5) is 25.3 Å². The molecule has 0 saturated carbocycles. The number of anilines is 3. The molecule has 1 unspecified atom stereocenters. The van der Waals surface area contributed by atoms with E-state index in [1.807, 2.05) is 6.92 Å². The molecule has 1 fully saturated rings. The van der Waals surface area contributed by atoms with Gasteiger partial charge in [-0.1, -0.05) is 17.4 Å². The average molecular weight is 463 g/mol. The molecule has 1 aliphatic rings. The predicted octanol–water partition coefficient (Wildman–Crippen LogP) is 3.40. The molecule has 11 heteroatoms. The summed E-state index contributed by atoms with van der Waals surface area (Å²) < 4.78 is 29.9. The van der Waals surface area contributed by atoms with E-state index < -0.39 is 23.1 Å². The fourth-order valence-electron chi connectivity index (χ4n) is 3.85. The zero-order valence-corrected chi connectivity index (χ0v) is 18.5. The second-order valence-corrected chi connectivity index (χ2v) is 9.16. The molecular formula is C21H24F2N6O2S. The number of nitrogen functional groups attached to an aromatic ring is 1. The molecule has 1 amide bonds. The number of benzene rings is 1. The van der Waals surface area contributed by atoms with Crippen LogP contribution in [0.1, 0.15) is 36.7 Å². The lowest BCUT2D eigenvalue weighted by Crippen LogP contribution is -2.30. The average Bonchev–Trinajstić information content (AvgIpc) is 3.21. The molecule has 0 aliphatic carbocycles. The van der Waals surface area contributed by atoms with Crippen LogP contribution in [0.15, 0.2) is 24.4 Å². The molecule has 4 N–H and O–H groups in total. The van der Waals surface area contributed by atoms with E-state index in [1.165, 1.54) is 12.3 Å². The molecule has 1 aromatic carbocycles. The molecule has 4 rings (SSSR count). The van der Waals surface area contributed by atoms with E-state index in [1.54, 1.807) is 11.7 Å². The number of carbonyl (C=O) groups is 1. The Kier molecular flexibility index (Phi) is 5.87. The Morgan fingerprint density at radius 1 is 1.28 bits per heavy atom. The van der Waals surface area contributed by atoms with Crippen molar-refractivity contribution in [2.45, 2.75) is 31.8 Å². The number of thiazole rings is 1. The van der Waals surface area contributed by atoms with Crippen molar-refractivity contribution in [3.8, 4) is 10.6 Å². The molecule has 0 radical (unpaired) electrons. The van der Waals surface area contributed by atoms with Gasteiger partial charge in [0.15, 0.2) is 11.5 Å². The van der Waals surface area contributed by atoms with E-state index in [0.29, 0.717) is 37.4 Å². The van der Waals surface area contributed by atoms with Gasteiger partial charge in [-0.15, -0.1) is 0 Å². The molecule has 3 aromatic rings. The van der Waals surface area contributed by atoms with Crippen molar-refractivity contribution >= 4 is 33.8 Å². The van der Waals surface area contributed by atoms with Crippen LogP contribution >= 0.6 is 11.3 Å². The van der Waals surface area contributed by atoms with Crippen molar-refractivity contribution in [3.63, 3.8) is 0 Å². The molecule has 0 bridgehead atoms. The van der Waals surface area contributed by atoms with Gasteiger partial charge in [0.25, 0.3) is 5.91 Å². The van der Waals surface area contributed by atoms with Gasteiger partial charge < -0.3 is 21.1 Å².